The number of aliphatic hydroxyl groups is 1. The van der Waals surface area contributed by atoms with Gasteiger partial charge in [-0.1, -0.05) is 11.3 Å². The number of anilines is 2. The van der Waals surface area contributed by atoms with E-state index in [2.05, 4.69) is 31.8 Å². The Morgan fingerprint density at radius 2 is 2.14 bits per heavy atom. The van der Waals surface area contributed by atoms with E-state index >= 15 is 0 Å². The van der Waals surface area contributed by atoms with E-state index in [4.69, 9.17) is 4.74 Å². The smallest absolute Gasteiger partial charge is 0.349 e. The standard InChI is InChI=1S/C19H28N6O3S/c1-4-25-17(21-13(2)22-25)24-11-14(26)9-19(12-24)5-7-23(8-6-19)18-20-10-15(29-18)16(27)28-3/h10,14,26H,4-9,11-12H2,1-3H3. The van der Waals surface area contributed by atoms with E-state index in [0.29, 0.717) is 11.4 Å². The Labute approximate surface area is 174 Å². The Morgan fingerprint density at radius 1 is 1.38 bits per heavy atom. The first-order valence-electron chi connectivity index (χ1n) is 10.1. The van der Waals surface area contributed by atoms with Crippen LogP contribution in [0, 0.1) is 12.3 Å². The molecule has 2 fully saturated rings. The van der Waals surface area contributed by atoms with Gasteiger partial charge in [0, 0.05) is 32.7 Å². The number of β-amino-alcohol motifs (C(OH)–C–C–N with tert-alkyl or cyclic N) is 1. The van der Waals surface area contributed by atoms with Gasteiger partial charge in [-0.15, -0.1) is 0 Å². The number of rotatable bonds is 4. The summed E-state index contributed by atoms with van der Waals surface area (Å²) in [5.74, 6) is 1.27. The number of methoxy groups -OCH3 is 1. The largest absolute Gasteiger partial charge is 0.465 e. The van der Waals surface area contributed by atoms with Gasteiger partial charge in [0.05, 0.1) is 19.4 Å². The second-order valence-electron chi connectivity index (χ2n) is 8.00. The van der Waals surface area contributed by atoms with Crippen molar-refractivity contribution in [1.29, 1.82) is 0 Å². The van der Waals surface area contributed by atoms with Crippen molar-refractivity contribution in [3.8, 4) is 0 Å². The van der Waals surface area contributed by atoms with Gasteiger partial charge in [-0.2, -0.15) is 10.1 Å². The molecule has 0 bridgehead atoms. The lowest BCUT2D eigenvalue weighted by atomic mass is 9.71. The van der Waals surface area contributed by atoms with Crippen LogP contribution in [0.3, 0.4) is 0 Å². The zero-order valence-corrected chi connectivity index (χ0v) is 18.0. The van der Waals surface area contributed by atoms with E-state index in [-0.39, 0.29) is 17.5 Å². The van der Waals surface area contributed by atoms with Gasteiger partial charge in [-0.3, -0.25) is 0 Å². The highest BCUT2D eigenvalue weighted by molar-refractivity contribution is 7.17. The van der Waals surface area contributed by atoms with Gasteiger partial charge in [0.2, 0.25) is 5.95 Å². The summed E-state index contributed by atoms with van der Waals surface area (Å²) in [4.78, 5) is 25.7. The van der Waals surface area contributed by atoms with Crippen molar-refractivity contribution in [1.82, 2.24) is 19.7 Å². The van der Waals surface area contributed by atoms with Crippen LogP contribution in [0.4, 0.5) is 11.1 Å². The zero-order chi connectivity index (χ0) is 20.6. The molecule has 2 saturated heterocycles. The molecule has 2 aromatic rings. The third kappa shape index (κ3) is 3.95. The highest BCUT2D eigenvalue weighted by Crippen LogP contribution is 2.42. The minimum absolute atomic E-state index is 0.0506. The number of aliphatic hydroxyl groups excluding tert-OH is 1. The SMILES string of the molecule is CCn1nc(C)nc1N1CC(O)CC2(CCN(c3ncc(C(=O)OC)s3)CC2)C1. The van der Waals surface area contributed by atoms with Crippen LogP contribution in [0.5, 0.6) is 0 Å². The van der Waals surface area contributed by atoms with Crippen molar-refractivity contribution in [2.24, 2.45) is 5.41 Å². The Balaban J connectivity index is 1.46. The molecule has 2 aliphatic rings. The molecular formula is C19H28N6O3S. The van der Waals surface area contributed by atoms with Gasteiger partial charge >= 0.3 is 5.97 Å². The number of carbonyl (C=O) groups excluding carboxylic acids is 1. The third-order valence-electron chi connectivity index (χ3n) is 5.94. The quantitative estimate of drug-likeness (QED) is 0.747. The molecule has 4 rings (SSSR count). The van der Waals surface area contributed by atoms with E-state index in [1.807, 2.05) is 11.6 Å². The molecule has 1 spiro atoms. The number of esters is 1. The number of hydrogen-bond donors (Lipinski definition) is 1. The maximum Gasteiger partial charge on any atom is 0.349 e. The summed E-state index contributed by atoms with van der Waals surface area (Å²) in [5.41, 5.74) is 0.0506. The number of carbonyl (C=O) groups is 1. The molecule has 1 N–H and O–H groups in total. The second kappa shape index (κ2) is 7.91. The van der Waals surface area contributed by atoms with Crippen molar-refractivity contribution < 1.29 is 14.6 Å². The van der Waals surface area contributed by atoms with Crippen molar-refractivity contribution in [2.45, 2.75) is 45.8 Å². The fourth-order valence-electron chi connectivity index (χ4n) is 4.54. The van der Waals surface area contributed by atoms with Crippen LogP contribution in [0.15, 0.2) is 6.20 Å². The summed E-state index contributed by atoms with van der Waals surface area (Å²) in [6.07, 6.45) is 3.95. The lowest BCUT2D eigenvalue weighted by Crippen LogP contribution is -2.54. The predicted molar refractivity (Wildman–Crippen MR) is 111 cm³/mol. The number of hydrogen-bond acceptors (Lipinski definition) is 9. The molecule has 0 saturated carbocycles. The second-order valence-corrected chi connectivity index (χ2v) is 9.01. The van der Waals surface area contributed by atoms with E-state index in [1.165, 1.54) is 18.4 Å². The minimum atomic E-state index is -0.372. The number of ether oxygens (including phenoxy) is 1. The van der Waals surface area contributed by atoms with Gasteiger partial charge in [0.1, 0.15) is 10.7 Å². The molecule has 1 atom stereocenters. The first-order chi connectivity index (χ1) is 13.9. The molecule has 29 heavy (non-hydrogen) atoms. The Hall–Kier alpha value is -2.20. The number of thiazole rings is 1. The summed E-state index contributed by atoms with van der Waals surface area (Å²) in [7, 11) is 1.38. The zero-order valence-electron chi connectivity index (χ0n) is 17.2. The maximum absolute atomic E-state index is 11.7. The van der Waals surface area contributed by atoms with Crippen molar-refractivity contribution >= 4 is 28.4 Å². The third-order valence-corrected chi connectivity index (χ3v) is 6.98. The molecule has 2 aromatic heterocycles. The molecule has 158 valence electrons. The minimum Gasteiger partial charge on any atom is -0.465 e. The van der Waals surface area contributed by atoms with Crippen LogP contribution >= 0.6 is 11.3 Å². The fourth-order valence-corrected chi connectivity index (χ4v) is 5.42. The first-order valence-corrected chi connectivity index (χ1v) is 10.9. The lowest BCUT2D eigenvalue weighted by Gasteiger charge is -2.49. The van der Waals surface area contributed by atoms with Crippen molar-refractivity contribution in [3.63, 3.8) is 0 Å². The molecule has 0 aliphatic carbocycles. The molecular weight excluding hydrogens is 392 g/mol. The average molecular weight is 421 g/mol. The molecule has 0 radical (unpaired) electrons. The van der Waals surface area contributed by atoms with E-state index in [0.717, 1.165) is 62.3 Å². The number of aryl methyl sites for hydroxylation is 2. The van der Waals surface area contributed by atoms with Crippen LogP contribution in [-0.4, -0.2) is 70.2 Å². The van der Waals surface area contributed by atoms with Gasteiger partial charge < -0.3 is 19.6 Å². The molecule has 2 aliphatic heterocycles. The molecule has 10 heteroatoms. The number of nitrogens with zero attached hydrogens (tertiary/aromatic N) is 6. The molecule has 0 amide bonds. The van der Waals surface area contributed by atoms with Gasteiger partial charge in [0.25, 0.3) is 0 Å². The van der Waals surface area contributed by atoms with Crippen molar-refractivity contribution in [3.05, 3.63) is 16.9 Å². The van der Waals surface area contributed by atoms with Crippen LogP contribution in [0.2, 0.25) is 0 Å². The van der Waals surface area contributed by atoms with Gasteiger partial charge in [-0.05, 0) is 38.5 Å². The summed E-state index contributed by atoms with van der Waals surface area (Å²) < 4.78 is 6.70. The Morgan fingerprint density at radius 3 is 2.83 bits per heavy atom. The van der Waals surface area contributed by atoms with Gasteiger partial charge in [0.15, 0.2) is 5.13 Å². The summed E-state index contributed by atoms with van der Waals surface area (Å²) in [5, 5.41) is 16.0. The van der Waals surface area contributed by atoms with E-state index < -0.39 is 0 Å². The molecule has 0 aromatic carbocycles. The van der Waals surface area contributed by atoms with Crippen LogP contribution in [0.25, 0.3) is 0 Å². The van der Waals surface area contributed by atoms with E-state index in [9.17, 15) is 9.90 Å². The molecule has 9 nitrogen and oxygen atoms in total. The Kier molecular flexibility index (Phi) is 5.48. The highest BCUT2D eigenvalue weighted by atomic mass is 32.1. The number of piperidine rings is 2. The summed E-state index contributed by atoms with van der Waals surface area (Å²) >= 11 is 1.37. The average Bonchev–Trinajstić information content (AvgIpc) is 3.34. The first kappa shape index (κ1) is 20.1. The fraction of sp³-hybridized carbons (Fsp3) is 0.684. The summed E-state index contributed by atoms with van der Waals surface area (Å²) in [6, 6.07) is 0. The van der Waals surface area contributed by atoms with Gasteiger partial charge in [-0.25, -0.2) is 14.5 Å². The maximum atomic E-state index is 11.7. The van der Waals surface area contributed by atoms with Crippen LogP contribution < -0.4 is 9.80 Å². The van der Waals surface area contributed by atoms with Crippen molar-refractivity contribution in [2.75, 3.05) is 43.1 Å². The predicted octanol–water partition coefficient (Wildman–Crippen LogP) is 1.71. The number of aromatic nitrogens is 4. The topological polar surface area (TPSA) is 96.6 Å². The summed E-state index contributed by atoms with van der Waals surface area (Å²) in [6.45, 7) is 7.90. The Bertz CT molecular complexity index is 873. The normalized spacial score (nSPS) is 21.6. The molecule has 4 heterocycles. The van der Waals surface area contributed by atoms with E-state index in [1.54, 1.807) is 6.20 Å². The molecule has 1 unspecified atom stereocenters. The lowest BCUT2D eigenvalue weighted by molar-refractivity contribution is 0.0586. The van der Waals surface area contributed by atoms with Crippen LogP contribution in [0.1, 0.15) is 41.7 Å². The monoisotopic (exact) mass is 420 g/mol. The van der Waals surface area contributed by atoms with Crippen LogP contribution in [-0.2, 0) is 11.3 Å². The highest BCUT2D eigenvalue weighted by Gasteiger charge is 2.43.